The molecule has 1 aromatic carbocycles. The lowest BCUT2D eigenvalue weighted by molar-refractivity contribution is -0.383. The molecule has 0 radical (unpaired) electrons. The number of anilines is 1. The van der Waals surface area contributed by atoms with Gasteiger partial charge in [-0.1, -0.05) is 0 Å². The number of nitrogens with one attached hydrogen (secondary N) is 1. The molecule has 1 heterocycles. The second-order valence-electron chi connectivity index (χ2n) is 4.50. The Morgan fingerprint density at radius 3 is 2.81 bits per heavy atom. The molecule has 2 aromatic rings. The molecule has 0 fully saturated rings. The van der Waals surface area contributed by atoms with Crippen molar-refractivity contribution in [1.29, 1.82) is 0 Å². The molecule has 112 valence electrons. The summed E-state index contributed by atoms with van der Waals surface area (Å²) in [7, 11) is 3.22. The number of rotatable bonds is 7. The smallest absolute Gasteiger partial charge is 0.278 e. The highest BCUT2D eigenvalue weighted by Gasteiger charge is 2.15. The number of hydrogen-bond acceptors (Lipinski definition) is 6. The van der Waals surface area contributed by atoms with E-state index in [1.54, 1.807) is 32.5 Å². The van der Waals surface area contributed by atoms with E-state index >= 15 is 0 Å². The van der Waals surface area contributed by atoms with Crippen LogP contribution < -0.4 is 5.32 Å². The lowest BCUT2D eigenvalue weighted by Gasteiger charge is -2.16. The van der Waals surface area contributed by atoms with E-state index in [1.807, 2.05) is 0 Å². The Kier molecular flexibility index (Phi) is 5.02. The van der Waals surface area contributed by atoms with E-state index in [-0.39, 0.29) is 11.8 Å². The molecule has 1 atom stereocenters. The minimum atomic E-state index is -0.406. The molecule has 0 aliphatic heterocycles. The molecule has 21 heavy (non-hydrogen) atoms. The zero-order chi connectivity index (χ0) is 15.2. The summed E-state index contributed by atoms with van der Waals surface area (Å²) in [6.45, 7) is 1.01. The zero-order valence-corrected chi connectivity index (χ0v) is 11.9. The molecule has 0 amide bonds. The quantitative estimate of drug-likeness (QED) is 0.621. The third kappa shape index (κ3) is 3.45. The van der Waals surface area contributed by atoms with Crippen molar-refractivity contribution in [2.24, 2.45) is 0 Å². The van der Waals surface area contributed by atoms with Crippen molar-refractivity contribution < 1.29 is 14.4 Å². The van der Waals surface area contributed by atoms with Gasteiger partial charge in [0.25, 0.3) is 5.69 Å². The summed E-state index contributed by atoms with van der Waals surface area (Å²) in [6, 6.07) is 4.92. The number of aromatic nitrogens is 1. The van der Waals surface area contributed by atoms with Gasteiger partial charge in [-0.15, -0.1) is 0 Å². The summed E-state index contributed by atoms with van der Waals surface area (Å²) in [5.74, 6) is 0. The number of nitro benzene ring substituents is 1. The first-order valence-corrected chi connectivity index (χ1v) is 6.44. The fourth-order valence-electron chi connectivity index (χ4n) is 2.11. The topological polar surface area (TPSA) is 86.5 Å². The number of fused-ring (bicyclic) bond motifs is 1. The molecule has 0 saturated carbocycles. The first kappa shape index (κ1) is 15.1. The maximum Gasteiger partial charge on any atom is 0.278 e. The van der Waals surface area contributed by atoms with Crippen molar-refractivity contribution in [3.63, 3.8) is 0 Å². The number of nitro groups is 1. The molecule has 2 rings (SSSR count). The molecule has 1 unspecified atom stereocenters. The average Bonchev–Trinajstić information content (AvgIpc) is 2.50. The standard InChI is InChI=1S/C14H17N3O4/c1-20-9-10(21-2)7-16-13-3-4-14(17(18)19)12-8-15-6-5-11(12)13/h3-6,8,10,16H,7,9H2,1-2H3. The van der Waals surface area contributed by atoms with Crippen LogP contribution in [0, 0.1) is 10.1 Å². The van der Waals surface area contributed by atoms with Crippen molar-refractivity contribution >= 4 is 22.1 Å². The number of benzene rings is 1. The fourth-order valence-corrected chi connectivity index (χ4v) is 2.11. The lowest BCUT2D eigenvalue weighted by Crippen LogP contribution is -2.26. The van der Waals surface area contributed by atoms with Gasteiger partial charge < -0.3 is 14.8 Å². The van der Waals surface area contributed by atoms with Crippen LogP contribution in [0.3, 0.4) is 0 Å². The van der Waals surface area contributed by atoms with E-state index in [1.165, 1.54) is 12.3 Å². The van der Waals surface area contributed by atoms with Crippen molar-refractivity contribution in [3.05, 3.63) is 40.7 Å². The molecule has 0 spiro atoms. The average molecular weight is 291 g/mol. The van der Waals surface area contributed by atoms with E-state index in [2.05, 4.69) is 10.3 Å². The zero-order valence-electron chi connectivity index (χ0n) is 11.9. The summed E-state index contributed by atoms with van der Waals surface area (Å²) in [6.07, 6.45) is 3.02. The van der Waals surface area contributed by atoms with Gasteiger partial charge in [0.2, 0.25) is 0 Å². The Balaban J connectivity index is 2.29. The Morgan fingerprint density at radius 2 is 2.14 bits per heavy atom. The molecule has 7 nitrogen and oxygen atoms in total. The highest BCUT2D eigenvalue weighted by molar-refractivity contribution is 5.99. The van der Waals surface area contributed by atoms with Gasteiger partial charge in [-0.05, 0) is 12.1 Å². The van der Waals surface area contributed by atoms with Crippen LogP contribution in [-0.4, -0.2) is 43.4 Å². The van der Waals surface area contributed by atoms with Crippen LogP contribution in [0.5, 0.6) is 0 Å². The molecular weight excluding hydrogens is 274 g/mol. The van der Waals surface area contributed by atoms with Gasteiger partial charge in [0.1, 0.15) is 0 Å². The second-order valence-corrected chi connectivity index (χ2v) is 4.50. The largest absolute Gasteiger partial charge is 0.382 e. The first-order valence-electron chi connectivity index (χ1n) is 6.44. The molecule has 0 aliphatic rings. The van der Waals surface area contributed by atoms with Crippen LogP contribution in [0.15, 0.2) is 30.6 Å². The fraction of sp³-hybridized carbons (Fsp3) is 0.357. The van der Waals surface area contributed by atoms with E-state index in [0.29, 0.717) is 18.5 Å². The third-order valence-electron chi connectivity index (χ3n) is 3.20. The van der Waals surface area contributed by atoms with E-state index in [9.17, 15) is 10.1 Å². The summed E-state index contributed by atoms with van der Waals surface area (Å²) in [4.78, 5) is 14.6. The molecule has 0 saturated heterocycles. The Morgan fingerprint density at radius 1 is 1.33 bits per heavy atom. The van der Waals surface area contributed by atoms with E-state index in [0.717, 1.165) is 11.1 Å². The number of non-ortho nitro benzene ring substituents is 1. The van der Waals surface area contributed by atoms with Crippen LogP contribution in [0.2, 0.25) is 0 Å². The molecule has 0 bridgehead atoms. The second kappa shape index (κ2) is 6.96. The predicted molar refractivity (Wildman–Crippen MR) is 79.6 cm³/mol. The van der Waals surface area contributed by atoms with Gasteiger partial charge in [-0.2, -0.15) is 0 Å². The van der Waals surface area contributed by atoms with Crippen molar-refractivity contribution in [2.75, 3.05) is 32.7 Å². The Labute approximate surface area is 122 Å². The monoisotopic (exact) mass is 291 g/mol. The minimum Gasteiger partial charge on any atom is -0.382 e. The Hall–Kier alpha value is -2.25. The minimum absolute atomic E-state index is 0.0452. The summed E-state index contributed by atoms with van der Waals surface area (Å²) in [5.41, 5.74) is 0.847. The number of ether oxygens (including phenoxy) is 2. The Bertz CT molecular complexity index is 633. The van der Waals surface area contributed by atoms with Crippen LogP contribution in [-0.2, 0) is 9.47 Å². The van der Waals surface area contributed by atoms with Crippen LogP contribution in [0.1, 0.15) is 0 Å². The van der Waals surface area contributed by atoms with Crippen LogP contribution >= 0.6 is 0 Å². The lowest BCUT2D eigenvalue weighted by atomic mass is 10.1. The van der Waals surface area contributed by atoms with Gasteiger partial charge >= 0.3 is 0 Å². The van der Waals surface area contributed by atoms with E-state index < -0.39 is 4.92 Å². The maximum atomic E-state index is 11.0. The molecule has 1 N–H and O–H groups in total. The summed E-state index contributed by atoms with van der Waals surface area (Å²) < 4.78 is 10.3. The third-order valence-corrected chi connectivity index (χ3v) is 3.20. The van der Waals surface area contributed by atoms with Crippen molar-refractivity contribution in [1.82, 2.24) is 4.98 Å². The molecule has 1 aromatic heterocycles. The molecular formula is C14H17N3O4. The van der Waals surface area contributed by atoms with Crippen molar-refractivity contribution in [2.45, 2.75) is 6.10 Å². The number of methoxy groups -OCH3 is 2. The van der Waals surface area contributed by atoms with Crippen LogP contribution in [0.4, 0.5) is 11.4 Å². The van der Waals surface area contributed by atoms with Gasteiger partial charge in [0.15, 0.2) is 0 Å². The SMILES string of the molecule is COCC(CNc1ccc([N+](=O)[O-])c2cnccc12)OC. The predicted octanol–water partition coefficient (Wildman–Crippen LogP) is 2.22. The molecule has 0 aliphatic carbocycles. The summed E-state index contributed by atoms with van der Waals surface area (Å²) >= 11 is 0. The normalized spacial score (nSPS) is 12.3. The highest BCUT2D eigenvalue weighted by atomic mass is 16.6. The molecule has 7 heteroatoms. The van der Waals surface area contributed by atoms with Crippen LogP contribution in [0.25, 0.3) is 10.8 Å². The first-order chi connectivity index (χ1) is 10.2. The van der Waals surface area contributed by atoms with Gasteiger partial charge in [-0.25, -0.2) is 0 Å². The highest BCUT2D eigenvalue weighted by Crippen LogP contribution is 2.30. The van der Waals surface area contributed by atoms with Gasteiger partial charge in [0.05, 0.1) is 23.0 Å². The summed E-state index contributed by atoms with van der Waals surface area (Å²) in [5, 5.41) is 15.5. The van der Waals surface area contributed by atoms with E-state index in [4.69, 9.17) is 9.47 Å². The number of pyridine rings is 1. The van der Waals surface area contributed by atoms with Gasteiger partial charge in [-0.3, -0.25) is 15.1 Å². The number of hydrogen-bond donors (Lipinski definition) is 1. The maximum absolute atomic E-state index is 11.0. The van der Waals surface area contributed by atoms with Gasteiger partial charge in [0, 0.05) is 50.3 Å². The number of nitrogens with zero attached hydrogens (tertiary/aromatic N) is 2. The van der Waals surface area contributed by atoms with Crippen molar-refractivity contribution in [3.8, 4) is 0 Å².